The highest BCUT2D eigenvalue weighted by Crippen LogP contribution is 2.21. The molecule has 0 saturated carbocycles. The molecule has 3 rings (SSSR count). The van der Waals surface area contributed by atoms with Crippen molar-refractivity contribution in [3.8, 4) is 5.69 Å². The summed E-state index contributed by atoms with van der Waals surface area (Å²) in [5.41, 5.74) is 0.989. The van der Waals surface area contributed by atoms with Gasteiger partial charge in [0.1, 0.15) is 10.8 Å². The van der Waals surface area contributed by atoms with Crippen molar-refractivity contribution in [1.82, 2.24) is 9.55 Å². The van der Waals surface area contributed by atoms with Gasteiger partial charge >= 0.3 is 0 Å². The Balaban J connectivity index is 2.43. The lowest BCUT2D eigenvalue weighted by molar-refractivity contribution is 1.01. The van der Waals surface area contributed by atoms with E-state index in [0.29, 0.717) is 26.0 Å². The molecule has 3 nitrogen and oxygen atoms in total. The van der Waals surface area contributed by atoms with Crippen LogP contribution in [-0.2, 0) is 0 Å². The van der Waals surface area contributed by atoms with E-state index in [2.05, 4.69) is 20.9 Å². The summed E-state index contributed by atoms with van der Waals surface area (Å²) in [6.45, 7) is 0. The van der Waals surface area contributed by atoms with Crippen molar-refractivity contribution in [2.75, 3.05) is 0 Å². The summed E-state index contributed by atoms with van der Waals surface area (Å²) in [5.74, 6) is 0. The van der Waals surface area contributed by atoms with Crippen LogP contribution in [0.1, 0.15) is 0 Å². The highest BCUT2D eigenvalue weighted by Gasteiger charge is 2.11. The summed E-state index contributed by atoms with van der Waals surface area (Å²) >= 11 is 15.1. The van der Waals surface area contributed by atoms with Crippen molar-refractivity contribution in [2.24, 2.45) is 0 Å². The number of rotatable bonds is 1. The number of hydrogen-bond donors (Lipinski definition) is 0. The first kappa shape index (κ1) is 13.6. The van der Waals surface area contributed by atoms with Crippen LogP contribution in [0, 0.1) is 0 Å². The molecule has 0 bridgehead atoms. The maximum absolute atomic E-state index is 12.4. The minimum absolute atomic E-state index is 0.199. The maximum atomic E-state index is 12.4. The molecule has 0 atom stereocenters. The van der Waals surface area contributed by atoms with E-state index in [-0.39, 0.29) is 5.56 Å². The summed E-state index contributed by atoms with van der Waals surface area (Å²) in [5, 5.41) is 1.75. The Labute approximate surface area is 132 Å². The summed E-state index contributed by atoms with van der Waals surface area (Å²) < 4.78 is 1.96. The lowest BCUT2D eigenvalue weighted by atomic mass is 10.2. The van der Waals surface area contributed by atoms with E-state index in [1.807, 2.05) is 6.07 Å². The van der Waals surface area contributed by atoms with Crippen LogP contribution >= 0.6 is 39.1 Å². The summed E-state index contributed by atoms with van der Waals surface area (Å²) in [4.78, 5) is 16.6. The molecule has 0 aliphatic rings. The zero-order chi connectivity index (χ0) is 14.3. The second kappa shape index (κ2) is 5.20. The molecule has 0 spiro atoms. The van der Waals surface area contributed by atoms with E-state index in [0.717, 1.165) is 5.39 Å². The zero-order valence-corrected chi connectivity index (χ0v) is 13.1. The third-order valence-corrected chi connectivity index (χ3v) is 3.89. The molecule has 100 valence electrons. The van der Waals surface area contributed by atoms with Gasteiger partial charge in [0.2, 0.25) is 0 Å². The van der Waals surface area contributed by atoms with E-state index in [4.69, 9.17) is 23.2 Å². The maximum Gasteiger partial charge on any atom is 0.271 e. The number of pyridine rings is 2. The fraction of sp³-hybridized carbons (Fsp3) is 0. The number of halogens is 3. The summed E-state index contributed by atoms with van der Waals surface area (Å²) in [6.07, 6.45) is 0. The van der Waals surface area contributed by atoms with E-state index in [1.165, 1.54) is 4.57 Å². The average Bonchev–Trinajstić information content (AvgIpc) is 2.42. The molecule has 0 aliphatic carbocycles. The van der Waals surface area contributed by atoms with Crippen LogP contribution in [0.15, 0.2) is 51.7 Å². The van der Waals surface area contributed by atoms with Crippen LogP contribution in [0.4, 0.5) is 0 Å². The van der Waals surface area contributed by atoms with Crippen LogP contribution in [0.3, 0.4) is 0 Å². The van der Waals surface area contributed by atoms with E-state index >= 15 is 0 Å². The molecular formula is C14H7BrCl2N2O. The van der Waals surface area contributed by atoms with Gasteiger partial charge in [0.25, 0.3) is 5.56 Å². The molecule has 0 amide bonds. The third kappa shape index (κ3) is 2.35. The molecule has 2 aromatic heterocycles. The van der Waals surface area contributed by atoms with Gasteiger partial charge < -0.3 is 0 Å². The Kier molecular flexibility index (Phi) is 3.54. The highest BCUT2D eigenvalue weighted by molar-refractivity contribution is 9.10. The highest BCUT2D eigenvalue weighted by atomic mass is 79.9. The Bertz CT molecular complexity index is 859. The number of benzene rings is 1. The van der Waals surface area contributed by atoms with E-state index < -0.39 is 0 Å². The smallest absolute Gasteiger partial charge is 0.268 e. The van der Waals surface area contributed by atoms with Gasteiger partial charge in [0, 0.05) is 10.4 Å². The van der Waals surface area contributed by atoms with Gasteiger partial charge in [-0.1, -0.05) is 23.2 Å². The molecule has 1 aromatic carbocycles. The largest absolute Gasteiger partial charge is 0.271 e. The molecule has 3 aromatic rings. The standard InChI is InChI=1S/C14H7BrCl2N2O/c15-11-7-8-1-6-12(17)18-13(8)19(14(11)20)10-4-2-9(16)3-5-10/h1-7H. The fourth-order valence-corrected chi connectivity index (χ4v) is 2.65. The second-order valence-electron chi connectivity index (χ2n) is 4.16. The van der Waals surface area contributed by atoms with Crippen LogP contribution in [0.5, 0.6) is 0 Å². The fourth-order valence-electron chi connectivity index (χ4n) is 1.96. The Morgan fingerprint density at radius 2 is 1.75 bits per heavy atom. The Morgan fingerprint density at radius 1 is 1.05 bits per heavy atom. The zero-order valence-electron chi connectivity index (χ0n) is 9.98. The Hall–Kier alpha value is -1.36. The number of nitrogens with zero attached hydrogens (tertiary/aromatic N) is 2. The second-order valence-corrected chi connectivity index (χ2v) is 5.83. The van der Waals surface area contributed by atoms with E-state index in [1.54, 1.807) is 36.4 Å². The van der Waals surface area contributed by atoms with Crippen LogP contribution in [0.25, 0.3) is 16.7 Å². The molecule has 0 saturated heterocycles. The first-order chi connectivity index (χ1) is 9.56. The van der Waals surface area contributed by atoms with Crippen LogP contribution in [-0.4, -0.2) is 9.55 Å². The van der Waals surface area contributed by atoms with Crippen molar-refractivity contribution < 1.29 is 0 Å². The molecule has 20 heavy (non-hydrogen) atoms. The first-order valence-electron chi connectivity index (χ1n) is 5.70. The van der Waals surface area contributed by atoms with Gasteiger partial charge in [-0.05, 0) is 58.4 Å². The van der Waals surface area contributed by atoms with Crippen LogP contribution < -0.4 is 5.56 Å². The van der Waals surface area contributed by atoms with Gasteiger partial charge in [-0.3, -0.25) is 9.36 Å². The van der Waals surface area contributed by atoms with Crippen molar-refractivity contribution in [2.45, 2.75) is 0 Å². The monoisotopic (exact) mass is 368 g/mol. The van der Waals surface area contributed by atoms with E-state index in [9.17, 15) is 4.79 Å². The lowest BCUT2D eigenvalue weighted by Crippen LogP contribution is -2.20. The Morgan fingerprint density at radius 3 is 2.45 bits per heavy atom. The van der Waals surface area contributed by atoms with Gasteiger partial charge in [0.05, 0.1) is 10.2 Å². The van der Waals surface area contributed by atoms with Crippen molar-refractivity contribution in [1.29, 1.82) is 0 Å². The van der Waals surface area contributed by atoms with Gasteiger partial charge in [-0.15, -0.1) is 0 Å². The molecule has 6 heteroatoms. The van der Waals surface area contributed by atoms with Gasteiger partial charge in [-0.2, -0.15) is 0 Å². The third-order valence-electron chi connectivity index (χ3n) is 2.86. The molecular weight excluding hydrogens is 363 g/mol. The first-order valence-corrected chi connectivity index (χ1v) is 7.25. The molecule has 0 N–H and O–H groups in total. The minimum atomic E-state index is -0.199. The van der Waals surface area contributed by atoms with Crippen LogP contribution in [0.2, 0.25) is 10.2 Å². The summed E-state index contributed by atoms with van der Waals surface area (Å²) in [7, 11) is 0. The number of hydrogen-bond acceptors (Lipinski definition) is 2. The normalized spacial score (nSPS) is 10.9. The predicted octanol–water partition coefficient (Wildman–Crippen LogP) is 4.46. The topological polar surface area (TPSA) is 34.9 Å². The molecule has 0 radical (unpaired) electrons. The van der Waals surface area contributed by atoms with Gasteiger partial charge in [0.15, 0.2) is 0 Å². The SMILES string of the molecule is O=c1c(Br)cc2ccc(Cl)nc2n1-c1ccc(Cl)cc1. The minimum Gasteiger partial charge on any atom is -0.268 e. The van der Waals surface area contributed by atoms with Crippen molar-refractivity contribution in [3.05, 3.63) is 67.5 Å². The summed E-state index contributed by atoms with van der Waals surface area (Å²) in [6, 6.07) is 12.2. The molecule has 0 unspecified atom stereocenters. The quantitative estimate of drug-likeness (QED) is 0.593. The number of aromatic nitrogens is 2. The van der Waals surface area contributed by atoms with Crippen molar-refractivity contribution >= 4 is 50.2 Å². The number of fused-ring (bicyclic) bond motifs is 1. The lowest BCUT2D eigenvalue weighted by Gasteiger charge is -2.10. The molecule has 0 fully saturated rings. The molecule has 2 heterocycles. The molecule has 0 aliphatic heterocycles. The van der Waals surface area contributed by atoms with Gasteiger partial charge in [-0.25, -0.2) is 4.98 Å². The predicted molar refractivity (Wildman–Crippen MR) is 85.1 cm³/mol. The van der Waals surface area contributed by atoms with Crippen molar-refractivity contribution in [3.63, 3.8) is 0 Å². The average molecular weight is 370 g/mol.